The normalized spacial score (nSPS) is 16.7. The van der Waals surface area contributed by atoms with Crippen LogP contribution in [0.15, 0.2) is 36.4 Å². The van der Waals surface area contributed by atoms with Crippen molar-refractivity contribution in [2.75, 3.05) is 25.5 Å². The van der Waals surface area contributed by atoms with Gasteiger partial charge in [-0.15, -0.1) is 15.3 Å². The van der Waals surface area contributed by atoms with E-state index in [1.54, 1.807) is 12.1 Å². The summed E-state index contributed by atoms with van der Waals surface area (Å²) in [5, 5.41) is 16.0. The Kier molecular flexibility index (Phi) is 4.47. The molecule has 0 bridgehead atoms. The molecule has 3 heterocycles. The fourth-order valence-corrected chi connectivity index (χ4v) is 3.24. The standard InChI is InChI=1S/C18H19F3N6/c1-26-9-7-14(8-10-26)22-15-5-6-16-23-24-17(27(16)25-15)12-3-2-4-13(11-12)18(19,20)21/h2-6,11,14H,7-10H2,1H3,(H,22,25). The number of alkyl halides is 3. The lowest BCUT2D eigenvalue weighted by Crippen LogP contribution is -2.36. The van der Waals surface area contributed by atoms with Gasteiger partial charge in [0.05, 0.1) is 5.56 Å². The van der Waals surface area contributed by atoms with Crippen LogP contribution >= 0.6 is 0 Å². The summed E-state index contributed by atoms with van der Waals surface area (Å²) in [6, 6.07) is 8.93. The first-order chi connectivity index (χ1) is 12.9. The molecular formula is C18H19F3N6. The van der Waals surface area contributed by atoms with Crippen LogP contribution in [0.4, 0.5) is 19.0 Å². The Morgan fingerprint density at radius 3 is 2.59 bits per heavy atom. The molecule has 1 saturated heterocycles. The fourth-order valence-electron chi connectivity index (χ4n) is 3.24. The van der Waals surface area contributed by atoms with E-state index in [2.05, 4.69) is 32.6 Å². The number of halogens is 3. The third kappa shape index (κ3) is 3.73. The number of piperidine rings is 1. The van der Waals surface area contributed by atoms with Gasteiger partial charge in [-0.1, -0.05) is 12.1 Å². The molecule has 2 aromatic heterocycles. The highest BCUT2D eigenvalue weighted by Gasteiger charge is 2.30. The average molecular weight is 376 g/mol. The van der Waals surface area contributed by atoms with E-state index >= 15 is 0 Å². The molecule has 3 aromatic rings. The molecule has 1 aliphatic rings. The molecule has 9 heteroatoms. The Hall–Kier alpha value is -2.68. The van der Waals surface area contributed by atoms with Crippen molar-refractivity contribution >= 4 is 11.5 Å². The molecule has 0 aliphatic carbocycles. The topological polar surface area (TPSA) is 58.3 Å². The van der Waals surface area contributed by atoms with E-state index in [9.17, 15) is 13.2 Å². The van der Waals surface area contributed by atoms with Crippen LogP contribution in [0.1, 0.15) is 18.4 Å². The van der Waals surface area contributed by atoms with Crippen molar-refractivity contribution in [2.24, 2.45) is 0 Å². The third-order valence-corrected chi connectivity index (χ3v) is 4.78. The molecule has 0 amide bonds. The summed E-state index contributed by atoms with van der Waals surface area (Å²) in [5.74, 6) is 0.938. The van der Waals surface area contributed by atoms with Crippen LogP contribution in [-0.4, -0.2) is 50.9 Å². The van der Waals surface area contributed by atoms with Gasteiger partial charge in [0, 0.05) is 11.6 Å². The Labute approximate surface area is 154 Å². The van der Waals surface area contributed by atoms with Crippen LogP contribution in [0.3, 0.4) is 0 Å². The molecule has 0 spiro atoms. The summed E-state index contributed by atoms with van der Waals surface area (Å²) in [4.78, 5) is 2.28. The SMILES string of the molecule is CN1CCC(Nc2ccc3nnc(-c4cccc(C(F)(F)F)c4)n3n2)CC1. The van der Waals surface area contributed by atoms with Gasteiger partial charge in [0.15, 0.2) is 11.5 Å². The van der Waals surface area contributed by atoms with Crippen LogP contribution in [-0.2, 0) is 6.18 Å². The summed E-state index contributed by atoms with van der Waals surface area (Å²) in [6.07, 6.45) is -2.39. The summed E-state index contributed by atoms with van der Waals surface area (Å²) in [5.41, 5.74) is 0.0787. The first-order valence-corrected chi connectivity index (χ1v) is 8.75. The number of benzene rings is 1. The highest BCUT2D eigenvalue weighted by Crippen LogP contribution is 2.31. The Balaban J connectivity index is 1.65. The number of fused-ring (bicyclic) bond motifs is 1. The zero-order valence-electron chi connectivity index (χ0n) is 14.7. The van der Waals surface area contributed by atoms with E-state index in [1.807, 2.05) is 6.07 Å². The van der Waals surface area contributed by atoms with Crippen LogP contribution in [0, 0.1) is 0 Å². The number of aromatic nitrogens is 4. The van der Waals surface area contributed by atoms with Crippen molar-refractivity contribution in [1.29, 1.82) is 0 Å². The zero-order chi connectivity index (χ0) is 19.0. The first-order valence-electron chi connectivity index (χ1n) is 8.75. The highest BCUT2D eigenvalue weighted by molar-refractivity contribution is 5.60. The Morgan fingerprint density at radius 2 is 1.85 bits per heavy atom. The molecular weight excluding hydrogens is 357 g/mol. The van der Waals surface area contributed by atoms with Crippen molar-refractivity contribution < 1.29 is 13.2 Å². The number of nitrogens with zero attached hydrogens (tertiary/aromatic N) is 5. The summed E-state index contributed by atoms with van der Waals surface area (Å²) in [7, 11) is 2.10. The monoisotopic (exact) mass is 376 g/mol. The minimum absolute atomic E-state index is 0.281. The van der Waals surface area contributed by atoms with Gasteiger partial charge in [0.25, 0.3) is 0 Å². The molecule has 0 atom stereocenters. The Bertz CT molecular complexity index is 944. The lowest BCUT2D eigenvalue weighted by Gasteiger charge is -2.29. The second kappa shape index (κ2) is 6.80. The van der Waals surface area contributed by atoms with Gasteiger partial charge in [-0.3, -0.25) is 0 Å². The summed E-state index contributed by atoms with van der Waals surface area (Å²) >= 11 is 0. The van der Waals surface area contributed by atoms with Gasteiger partial charge in [-0.05, 0) is 57.2 Å². The predicted molar refractivity (Wildman–Crippen MR) is 95.4 cm³/mol. The summed E-state index contributed by atoms with van der Waals surface area (Å²) in [6.45, 7) is 2.03. The van der Waals surface area contributed by atoms with Gasteiger partial charge < -0.3 is 10.2 Å². The minimum Gasteiger partial charge on any atom is -0.366 e. The lowest BCUT2D eigenvalue weighted by atomic mass is 10.1. The van der Waals surface area contributed by atoms with Crippen molar-refractivity contribution in [1.82, 2.24) is 24.7 Å². The van der Waals surface area contributed by atoms with Gasteiger partial charge in [0.1, 0.15) is 5.82 Å². The molecule has 0 saturated carbocycles. The van der Waals surface area contributed by atoms with E-state index in [4.69, 9.17) is 0 Å². The van der Waals surface area contributed by atoms with E-state index in [0.29, 0.717) is 23.1 Å². The van der Waals surface area contributed by atoms with Crippen molar-refractivity contribution in [2.45, 2.75) is 25.1 Å². The number of hydrogen-bond donors (Lipinski definition) is 1. The maximum Gasteiger partial charge on any atom is 0.416 e. The average Bonchev–Trinajstić information content (AvgIpc) is 3.06. The van der Waals surface area contributed by atoms with Gasteiger partial charge >= 0.3 is 6.18 Å². The molecule has 1 fully saturated rings. The quantitative estimate of drug-likeness (QED) is 0.760. The van der Waals surface area contributed by atoms with E-state index in [1.165, 1.54) is 10.6 Å². The van der Waals surface area contributed by atoms with Crippen molar-refractivity contribution in [3.63, 3.8) is 0 Å². The van der Waals surface area contributed by atoms with Crippen LogP contribution < -0.4 is 5.32 Å². The predicted octanol–water partition coefficient (Wildman–Crippen LogP) is 3.32. The number of nitrogens with one attached hydrogen (secondary N) is 1. The van der Waals surface area contributed by atoms with Crippen LogP contribution in [0.2, 0.25) is 0 Å². The van der Waals surface area contributed by atoms with Gasteiger partial charge in [0.2, 0.25) is 0 Å². The van der Waals surface area contributed by atoms with E-state index in [0.717, 1.165) is 38.1 Å². The molecule has 27 heavy (non-hydrogen) atoms. The lowest BCUT2D eigenvalue weighted by molar-refractivity contribution is -0.137. The molecule has 142 valence electrons. The van der Waals surface area contributed by atoms with Crippen molar-refractivity contribution in [3.05, 3.63) is 42.0 Å². The van der Waals surface area contributed by atoms with Crippen molar-refractivity contribution in [3.8, 4) is 11.4 Å². The first kappa shape index (κ1) is 17.7. The molecule has 1 aliphatic heterocycles. The minimum atomic E-state index is -4.41. The van der Waals surface area contributed by atoms with Gasteiger partial charge in [-0.2, -0.15) is 17.7 Å². The zero-order valence-corrected chi connectivity index (χ0v) is 14.7. The van der Waals surface area contributed by atoms with Crippen LogP contribution in [0.5, 0.6) is 0 Å². The third-order valence-electron chi connectivity index (χ3n) is 4.78. The molecule has 0 unspecified atom stereocenters. The number of likely N-dealkylation sites (tertiary alicyclic amines) is 1. The molecule has 0 radical (unpaired) electrons. The van der Waals surface area contributed by atoms with Crippen LogP contribution in [0.25, 0.3) is 17.0 Å². The largest absolute Gasteiger partial charge is 0.416 e. The van der Waals surface area contributed by atoms with E-state index < -0.39 is 11.7 Å². The summed E-state index contributed by atoms with van der Waals surface area (Å²) < 4.78 is 40.5. The molecule has 4 rings (SSSR count). The second-order valence-corrected chi connectivity index (χ2v) is 6.81. The number of rotatable bonds is 3. The Morgan fingerprint density at radius 1 is 1.07 bits per heavy atom. The molecule has 1 N–H and O–H groups in total. The smallest absolute Gasteiger partial charge is 0.366 e. The highest BCUT2D eigenvalue weighted by atomic mass is 19.4. The number of hydrogen-bond acceptors (Lipinski definition) is 5. The molecule has 1 aromatic carbocycles. The van der Waals surface area contributed by atoms with E-state index in [-0.39, 0.29) is 5.82 Å². The molecule has 6 nitrogen and oxygen atoms in total. The fraction of sp³-hybridized carbons (Fsp3) is 0.389. The maximum absolute atomic E-state index is 13.0. The second-order valence-electron chi connectivity index (χ2n) is 6.81. The maximum atomic E-state index is 13.0. The number of anilines is 1. The van der Waals surface area contributed by atoms with Gasteiger partial charge in [-0.25, -0.2) is 0 Å².